The van der Waals surface area contributed by atoms with E-state index in [4.69, 9.17) is 11.5 Å². The Labute approximate surface area is 209 Å². The van der Waals surface area contributed by atoms with Crippen LogP contribution in [0.1, 0.15) is 38.5 Å². The van der Waals surface area contributed by atoms with E-state index in [0.29, 0.717) is 0 Å². The fourth-order valence-electron chi connectivity index (χ4n) is 2.07. The molecule has 0 bridgehead atoms. The van der Waals surface area contributed by atoms with Crippen molar-refractivity contribution in [3.05, 3.63) is 36.8 Å². The number of carbonyl (C=O) groups is 2. The summed E-state index contributed by atoms with van der Waals surface area (Å²) < 4.78 is 69.0. The van der Waals surface area contributed by atoms with Gasteiger partial charge < -0.3 is 30.0 Å². The molecule has 1 aliphatic carbocycles. The van der Waals surface area contributed by atoms with E-state index in [1.165, 1.54) is 12.8 Å². The van der Waals surface area contributed by atoms with E-state index in [9.17, 15) is 35.5 Å². The summed E-state index contributed by atoms with van der Waals surface area (Å²) in [5.74, 6) is -2.29. The average Bonchev–Trinajstić information content (AvgIpc) is 2.70. The Balaban J connectivity index is -0.000000410. The van der Waals surface area contributed by atoms with Crippen LogP contribution in [-0.4, -0.2) is 74.7 Å². The maximum atomic E-state index is 10.4. The number of hydrogen-bond donors (Lipinski definition) is 0. The molecule has 0 amide bonds. The van der Waals surface area contributed by atoms with Gasteiger partial charge in [0, 0.05) is 23.7 Å². The van der Waals surface area contributed by atoms with Crippen molar-refractivity contribution in [2.24, 2.45) is 0 Å². The van der Waals surface area contributed by atoms with Gasteiger partial charge in [0.2, 0.25) is 0 Å². The van der Waals surface area contributed by atoms with Gasteiger partial charge in [-0.1, -0.05) is 38.8 Å². The minimum absolute atomic E-state index is 0. The first-order valence-corrected chi connectivity index (χ1v) is 12.7. The zero-order valence-electron chi connectivity index (χ0n) is 18.0. The molecule has 0 aromatic carbocycles. The van der Waals surface area contributed by atoms with Crippen LogP contribution in [0.5, 0.6) is 0 Å². The zero-order chi connectivity index (χ0) is 25.2. The maximum Gasteiger partial charge on any atom is 4.00 e. The van der Waals surface area contributed by atoms with Gasteiger partial charge in [-0.25, -0.2) is 26.4 Å². The van der Waals surface area contributed by atoms with Crippen molar-refractivity contribution >= 4 is 32.2 Å². The van der Waals surface area contributed by atoms with Crippen LogP contribution < -0.4 is 0 Å². The van der Waals surface area contributed by atoms with Crippen molar-refractivity contribution < 1.29 is 66.1 Å². The van der Waals surface area contributed by atoms with Gasteiger partial charge >= 0.3 is 33.0 Å². The van der Waals surface area contributed by atoms with Crippen LogP contribution in [0.15, 0.2) is 25.3 Å². The minimum Gasteiger partial charge on any atom is -0.748 e. The number of ether oxygens (including phenoxy) is 2. The second-order valence-corrected chi connectivity index (χ2v) is 9.52. The van der Waals surface area contributed by atoms with Gasteiger partial charge in [-0.05, 0) is 12.8 Å². The molecule has 0 aromatic rings. The molecule has 1 saturated carbocycles. The van der Waals surface area contributed by atoms with Crippen LogP contribution in [0.3, 0.4) is 0 Å². The Bertz CT molecular complexity index is 722. The molecule has 2 N–H and O–H groups in total. The largest absolute Gasteiger partial charge is 4.00 e. The third kappa shape index (κ3) is 28.8. The Morgan fingerprint density at radius 2 is 1.12 bits per heavy atom. The fourth-order valence-corrected chi connectivity index (χ4v) is 3.01. The third-order valence-electron chi connectivity index (χ3n) is 3.67. The summed E-state index contributed by atoms with van der Waals surface area (Å²) in [5.41, 5.74) is 14.6. The molecule has 0 radical (unpaired) electrons. The van der Waals surface area contributed by atoms with Crippen LogP contribution in [0, 0.1) is 0 Å². The van der Waals surface area contributed by atoms with Crippen molar-refractivity contribution in [3.8, 4) is 0 Å². The Morgan fingerprint density at radius 3 is 1.33 bits per heavy atom. The van der Waals surface area contributed by atoms with Crippen molar-refractivity contribution in [2.75, 3.05) is 24.7 Å². The van der Waals surface area contributed by atoms with Crippen LogP contribution >= 0.6 is 0 Å². The summed E-state index contributed by atoms with van der Waals surface area (Å²) in [6, 6.07) is -0.160. The van der Waals surface area contributed by atoms with E-state index in [2.05, 4.69) is 22.6 Å². The van der Waals surface area contributed by atoms with Crippen molar-refractivity contribution in [1.29, 1.82) is 0 Å². The summed E-state index contributed by atoms with van der Waals surface area (Å²) in [4.78, 5) is 20.7. The molecule has 15 heteroatoms. The molecule has 1 aliphatic rings. The van der Waals surface area contributed by atoms with Gasteiger partial charge in [0.25, 0.3) is 0 Å². The van der Waals surface area contributed by atoms with E-state index in [1.54, 1.807) is 0 Å². The zero-order valence-corrected chi connectivity index (χ0v) is 21.9. The van der Waals surface area contributed by atoms with E-state index in [1.807, 2.05) is 0 Å². The van der Waals surface area contributed by atoms with Gasteiger partial charge in [-0.3, -0.25) is 0 Å². The first kappa shape index (κ1) is 36.4. The molecule has 12 nitrogen and oxygen atoms in total. The van der Waals surface area contributed by atoms with E-state index in [-0.39, 0.29) is 59.2 Å². The third-order valence-corrected chi connectivity index (χ3v) is 5.24. The normalized spacial score (nSPS) is 17.5. The smallest absolute Gasteiger partial charge is 0.748 e. The average molecular weight is 694 g/mol. The predicted molar refractivity (Wildman–Crippen MR) is 115 cm³/mol. The fraction of sp³-hybridized carbons (Fsp3) is 0.667. The van der Waals surface area contributed by atoms with Gasteiger partial charge in [0.15, 0.2) is 0 Å². The van der Waals surface area contributed by atoms with Gasteiger partial charge in [-0.2, -0.15) is 12.1 Å². The first-order chi connectivity index (χ1) is 14.7. The second-order valence-electron chi connectivity index (χ2n) is 6.47. The number of nitrogens with one attached hydrogen (secondary N) is 2. The molecule has 0 heterocycles. The van der Waals surface area contributed by atoms with Crippen LogP contribution in [0.25, 0.3) is 11.5 Å². The molecule has 0 saturated heterocycles. The monoisotopic (exact) mass is 693 g/mol. The number of hydrogen-bond acceptors (Lipinski definition) is 10. The number of esters is 2. The summed E-state index contributed by atoms with van der Waals surface area (Å²) >= 11 is 0. The molecule has 1 rings (SSSR count). The number of rotatable bonds is 10. The predicted octanol–water partition coefficient (Wildman–Crippen LogP) is 1.70. The molecule has 194 valence electrons. The van der Waals surface area contributed by atoms with Gasteiger partial charge in [-0.15, -0.1) is 0 Å². The topological polar surface area (TPSA) is 215 Å². The first-order valence-electron chi connectivity index (χ1n) is 9.59. The van der Waals surface area contributed by atoms with E-state index < -0.39 is 43.7 Å². The van der Waals surface area contributed by atoms with E-state index >= 15 is 0 Å². The van der Waals surface area contributed by atoms with Gasteiger partial charge in [0.1, 0.15) is 0 Å². The molecular formula is C18H30N2O10PtS2. The molecular weight excluding hydrogens is 663 g/mol. The minimum atomic E-state index is -4.20. The van der Waals surface area contributed by atoms with Crippen LogP contribution in [-0.2, 0) is 60.4 Å². The molecule has 0 aromatic heterocycles. The molecule has 2 atom stereocenters. The molecule has 1 fully saturated rings. The van der Waals surface area contributed by atoms with Crippen molar-refractivity contribution in [1.82, 2.24) is 0 Å². The standard InChI is InChI=1S/C6H12N2.2C6H10O5S.Pt/c7-5-3-1-2-4-6(5)8;2*1-2-6(7)11-4-3-5-12(8,9)10;/h5-8H,1-4H2;2*2H,1,3-5H2,(H,8,9,10);/q-2;;;+4/p-2. The second kappa shape index (κ2) is 20.2. The molecule has 0 spiro atoms. The quantitative estimate of drug-likeness (QED) is 0.140. The Morgan fingerprint density at radius 1 is 0.818 bits per heavy atom. The summed E-state index contributed by atoms with van der Waals surface area (Å²) in [6.07, 6.45) is 6.21. The number of carbonyl (C=O) groups excluding carboxylic acids is 2. The SMILES string of the molecule is C=CC(=O)OCCCS(=O)(=O)[O-].C=CC(=O)OCCCS(=O)(=O)[O-].[NH-]C1CCCCC1[NH-].[Pt+4]. The Hall–Kier alpha value is -1.15. The van der Waals surface area contributed by atoms with E-state index in [0.717, 1.165) is 25.0 Å². The van der Waals surface area contributed by atoms with Crippen LogP contribution in [0.2, 0.25) is 0 Å². The summed E-state index contributed by atoms with van der Waals surface area (Å²) in [5, 5.41) is 0. The van der Waals surface area contributed by atoms with Crippen molar-refractivity contribution in [2.45, 2.75) is 50.6 Å². The van der Waals surface area contributed by atoms with Crippen LogP contribution in [0.4, 0.5) is 0 Å². The molecule has 0 aliphatic heterocycles. The van der Waals surface area contributed by atoms with Gasteiger partial charge in [0.05, 0.1) is 33.5 Å². The molecule has 2 unspecified atom stereocenters. The summed E-state index contributed by atoms with van der Waals surface area (Å²) in [7, 11) is -8.39. The Kier molecular flexibility index (Phi) is 22.3. The molecule has 33 heavy (non-hydrogen) atoms. The summed E-state index contributed by atoms with van der Waals surface area (Å²) in [6.45, 7) is 6.11. The van der Waals surface area contributed by atoms with Crippen molar-refractivity contribution in [3.63, 3.8) is 0 Å². The maximum absolute atomic E-state index is 10.4.